The van der Waals surface area contributed by atoms with Crippen molar-refractivity contribution in [3.05, 3.63) is 144 Å². The minimum Gasteiger partial charge on any atom is -0.507 e. The highest BCUT2D eigenvalue weighted by Gasteiger charge is 2.05. The van der Waals surface area contributed by atoms with Crippen LogP contribution in [0.4, 0.5) is 22.7 Å². The fourth-order valence-electron chi connectivity index (χ4n) is 4.10. The van der Waals surface area contributed by atoms with E-state index in [0.29, 0.717) is 35.6 Å². The van der Waals surface area contributed by atoms with Crippen LogP contribution in [-0.2, 0) is 13.1 Å². The molecule has 0 aliphatic heterocycles. The lowest BCUT2D eigenvalue weighted by molar-refractivity contribution is 0.474. The quantitative estimate of drug-likeness (QED) is 0.110. The van der Waals surface area contributed by atoms with E-state index in [-0.39, 0.29) is 11.5 Å². The van der Waals surface area contributed by atoms with Crippen LogP contribution < -0.4 is 10.6 Å². The van der Waals surface area contributed by atoms with Gasteiger partial charge in [0, 0.05) is 48.0 Å². The Kier molecular flexibility index (Phi) is 8.49. The summed E-state index contributed by atoms with van der Waals surface area (Å²) in [6, 6.07) is 38.4. The third-order valence-corrected chi connectivity index (χ3v) is 6.30. The number of phenolic OH excluding ortho intramolecular Hbond substituents is 2. The number of para-hydroxylation sites is 2. The third-order valence-electron chi connectivity index (χ3n) is 6.30. The van der Waals surface area contributed by atoms with Crippen LogP contribution in [0.15, 0.2) is 131 Å². The Balaban J connectivity index is 1.30. The van der Waals surface area contributed by atoms with Crippen LogP contribution in [0, 0.1) is 0 Å². The van der Waals surface area contributed by atoms with Gasteiger partial charge in [-0.15, -0.1) is 0 Å². The maximum atomic E-state index is 10.4. The first-order valence-electron chi connectivity index (χ1n) is 13.0. The SMILES string of the molecule is Oc1ccc(NCc2ccccc2)cc1C=Nc1ccccc1N=Cc1cc(NCc2ccccc2)ccc1O. The highest BCUT2D eigenvalue weighted by atomic mass is 16.3. The van der Waals surface area contributed by atoms with E-state index in [0.717, 1.165) is 11.4 Å². The van der Waals surface area contributed by atoms with E-state index in [4.69, 9.17) is 0 Å². The first-order valence-corrected chi connectivity index (χ1v) is 13.0. The Labute approximate surface area is 234 Å². The first-order chi connectivity index (χ1) is 19.6. The van der Waals surface area contributed by atoms with Gasteiger partial charge >= 0.3 is 0 Å². The predicted octanol–water partition coefficient (Wildman–Crippen LogP) is 7.82. The topological polar surface area (TPSA) is 89.2 Å². The molecular weight excluding hydrogens is 496 g/mol. The molecule has 0 aromatic heterocycles. The number of rotatable bonds is 10. The monoisotopic (exact) mass is 526 g/mol. The molecule has 0 saturated heterocycles. The van der Waals surface area contributed by atoms with Gasteiger partial charge in [0.2, 0.25) is 0 Å². The van der Waals surface area contributed by atoms with E-state index in [9.17, 15) is 10.2 Å². The molecule has 0 spiro atoms. The Morgan fingerprint density at radius 3 is 1.32 bits per heavy atom. The summed E-state index contributed by atoms with van der Waals surface area (Å²) >= 11 is 0. The van der Waals surface area contributed by atoms with Crippen LogP contribution >= 0.6 is 0 Å². The zero-order valence-electron chi connectivity index (χ0n) is 21.9. The normalized spacial score (nSPS) is 11.2. The standard InChI is InChI=1S/C34H30N4O2/c39-33-17-15-29(35-21-25-9-3-1-4-10-25)19-27(33)23-37-31-13-7-8-14-32(31)38-24-28-20-30(16-18-34(28)40)36-22-26-11-5-2-6-12-26/h1-20,23-24,35-36,39-40H,21-22H2. The van der Waals surface area contributed by atoms with Crippen molar-refractivity contribution in [2.75, 3.05) is 10.6 Å². The molecule has 6 nitrogen and oxygen atoms in total. The van der Waals surface area contributed by atoms with Gasteiger partial charge in [-0.25, -0.2) is 0 Å². The average molecular weight is 527 g/mol. The summed E-state index contributed by atoms with van der Waals surface area (Å²) in [4.78, 5) is 9.22. The van der Waals surface area contributed by atoms with Crippen LogP contribution in [0.2, 0.25) is 0 Å². The maximum Gasteiger partial charge on any atom is 0.124 e. The molecule has 40 heavy (non-hydrogen) atoms. The maximum absolute atomic E-state index is 10.4. The van der Waals surface area contributed by atoms with E-state index in [1.807, 2.05) is 84.9 Å². The number of anilines is 2. The second-order valence-electron chi connectivity index (χ2n) is 9.23. The summed E-state index contributed by atoms with van der Waals surface area (Å²) in [6.07, 6.45) is 3.26. The summed E-state index contributed by atoms with van der Waals surface area (Å²) in [6.45, 7) is 1.35. The molecule has 5 aromatic rings. The smallest absolute Gasteiger partial charge is 0.124 e. The molecular formula is C34H30N4O2. The molecule has 0 atom stereocenters. The van der Waals surface area contributed by atoms with Gasteiger partial charge in [-0.1, -0.05) is 72.8 Å². The summed E-state index contributed by atoms with van der Waals surface area (Å²) in [5.74, 6) is 0.277. The Morgan fingerprint density at radius 1 is 0.500 bits per heavy atom. The van der Waals surface area contributed by atoms with Crippen LogP contribution in [0.25, 0.3) is 0 Å². The van der Waals surface area contributed by atoms with E-state index in [1.165, 1.54) is 11.1 Å². The number of benzene rings is 5. The largest absolute Gasteiger partial charge is 0.507 e. The number of phenols is 2. The molecule has 0 heterocycles. The lowest BCUT2D eigenvalue weighted by atomic mass is 10.1. The summed E-state index contributed by atoms with van der Waals surface area (Å²) in [5, 5.41) is 27.6. The molecule has 0 saturated carbocycles. The molecule has 4 N–H and O–H groups in total. The van der Waals surface area contributed by atoms with Crippen molar-refractivity contribution in [1.82, 2.24) is 0 Å². The van der Waals surface area contributed by atoms with Gasteiger partial charge in [-0.3, -0.25) is 9.98 Å². The highest BCUT2D eigenvalue weighted by Crippen LogP contribution is 2.29. The van der Waals surface area contributed by atoms with Crippen molar-refractivity contribution in [3.63, 3.8) is 0 Å². The molecule has 0 amide bonds. The molecule has 0 aliphatic carbocycles. The summed E-state index contributed by atoms with van der Waals surface area (Å²) in [5.41, 5.74) is 6.55. The molecule has 5 rings (SSSR count). The second-order valence-corrected chi connectivity index (χ2v) is 9.23. The van der Waals surface area contributed by atoms with Crippen molar-refractivity contribution >= 4 is 35.2 Å². The highest BCUT2D eigenvalue weighted by molar-refractivity contribution is 5.90. The number of nitrogens with zero attached hydrogens (tertiary/aromatic N) is 2. The van der Waals surface area contributed by atoms with Gasteiger partial charge in [0.05, 0.1) is 11.4 Å². The molecule has 198 valence electrons. The van der Waals surface area contributed by atoms with E-state index in [1.54, 1.807) is 24.6 Å². The molecule has 0 unspecified atom stereocenters. The van der Waals surface area contributed by atoms with E-state index in [2.05, 4.69) is 44.9 Å². The van der Waals surface area contributed by atoms with E-state index < -0.39 is 0 Å². The Bertz CT molecular complexity index is 1490. The van der Waals surface area contributed by atoms with Gasteiger partial charge in [-0.2, -0.15) is 0 Å². The second kappa shape index (κ2) is 12.9. The van der Waals surface area contributed by atoms with Crippen molar-refractivity contribution in [2.45, 2.75) is 13.1 Å². The molecule has 6 heteroatoms. The fourth-order valence-corrected chi connectivity index (χ4v) is 4.10. The van der Waals surface area contributed by atoms with Gasteiger partial charge in [-0.05, 0) is 59.7 Å². The van der Waals surface area contributed by atoms with Crippen molar-refractivity contribution in [1.29, 1.82) is 0 Å². The van der Waals surface area contributed by atoms with Crippen LogP contribution in [0.5, 0.6) is 11.5 Å². The predicted molar refractivity (Wildman–Crippen MR) is 165 cm³/mol. The molecule has 0 radical (unpaired) electrons. The molecule has 5 aromatic carbocycles. The van der Waals surface area contributed by atoms with Gasteiger partial charge < -0.3 is 20.8 Å². The van der Waals surface area contributed by atoms with Crippen molar-refractivity contribution < 1.29 is 10.2 Å². The number of aromatic hydroxyl groups is 2. The summed E-state index contributed by atoms with van der Waals surface area (Å²) < 4.78 is 0. The Morgan fingerprint density at radius 2 is 0.900 bits per heavy atom. The van der Waals surface area contributed by atoms with Crippen LogP contribution in [0.1, 0.15) is 22.3 Å². The molecule has 0 bridgehead atoms. The fraction of sp³-hybridized carbons (Fsp3) is 0.0588. The number of hydrogen-bond donors (Lipinski definition) is 4. The average Bonchev–Trinajstić information content (AvgIpc) is 3.00. The minimum atomic E-state index is 0.139. The number of nitrogens with one attached hydrogen (secondary N) is 2. The molecule has 0 aliphatic rings. The first kappa shape index (κ1) is 26.3. The van der Waals surface area contributed by atoms with Crippen molar-refractivity contribution in [2.24, 2.45) is 9.98 Å². The lowest BCUT2D eigenvalue weighted by Crippen LogP contribution is -1.99. The van der Waals surface area contributed by atoms with Gasteiger partial charge in [0.1, 0.15) is 11.5 Å². The van der Waals surface area contributed by atoms with E-state index >= 15 is 0 Å². The minimum absolute atomic E-state index is 0.139. The summed E-state index contributed by atoms with van der Waals surface area (Å²) in [7, 11) is 0. The zero-order chi connectivity index (χ0) is 27.6. The number of hydrogen-bond acceptors (Lipinski definition) is 6. The molecule has 0 fully saturated rings. The Hall–Kier alpha value is -5.36. The van der Waals surface area contributed by atoms with Crippen molar-refractivity contribution in [3.8, 4) is 11.5 Å². The van der Waals surface area contributed by atoms with Gasteiger partial charge in [0.15, 0.2) is 0 Å². The van der Waals surface area contributed by atoms with Crippen LogP contribution in [-0.4, -0.2) is 22.6 Å². The van der Waals surface area contributed by atoms with Gasteiger partial charge in [0.25, 0.3) is 0 Å². The lowest BCUT2D eigenvalue weighted by Gasteiger charge is -2.09. The number of aliphatic imine (C=N–C) groups is 2. The zero-order valence-corrected chi connectivity index (χ0v) is 21.9. The third kappa shape index (κ3) is 7.14. The van der Waals surface area contributed by atoms with Crippen LogP contribution in [0.3, 0.4) is 0 Å².